The zero-order chi connectivity index (χ0) is 25.6. The van der Waals surface area contributed by atoms with E-state index in [1.807, 2.05) is 13.2 Å². The Hall–Kier alpha value is -1.89. The van der Waals surface area contributed by atoms with Gasteiger partial charge < -0.3 is 37.6 Å². The fraction of sp³-hybridized carbons (Fsp3) is 0.810. The summed E-state index contributed by atoms with van der Waals surface area (Å²) in [7, 11) is 0. The lowest BCUT2D eigenvalue weighted by molar-refractivity contribution is -0.145. The molecule has 0 spiro atoms. The van der Waals surface area contributed by atoms with Crippen LogP contribution in [0.5, 0.6) is 0 Å². The number of nitrogens with one attached hydrogen (secondary N) is 3. The van der Waals surface area contributed by atoms with E-state index in [4.69, 9.17) is 11.5 Å². The lowest BCUT2D eigenvalue weighted by Crippen LogP contribution is -2.59. The van der Waals surface area contributed by atoms with Gasteiger partial charge in [-0.3, -0.25) is 14.4 Å². The van der Waals surface area contributed by atoms with E-state index in [1.165, 1.54) is 6.92 Å². The normalized spacial score (nSPS) is 16.6. The number of aliphatic hydroxyl groups excluding tert-OH is 1. The SMILES string of the molecule is CCC(C)C(NC(=O)C(N)CCSC)C(=O)NC(CCCCN)C(=O)NC(C(=O)O)C(C)O. The molecule has 0 aromatic rings. The first-order valence-corrected chi connectivity index (χ1v) is 12.7. The van der Waals surface area contributed by atoms with Crippen LogP contribution in [0.1, 0.15) is 52.9 Å². The smallest absolute Gasteiger partial charge is 0.328 e. The molecule has 0 heterocycles. The van der Waals surface area contributed by atoms with Crippen LogP contribution in [0.4, 0.5) is 0 Å². The molecule has 0 bridgehead atoms. The van der Waals surface area contributed by atoms with Crippen molar-refractivity contribution in [1.82, 2.24) is 16.0 Å². The number of aliphatic carboxylic acids is 1. The predicted molar refractivity (Wildman–Crippen MR) is 128 cm³/mol. The summed E-state index contributed by atoms with van der Waals surface area (Å²) in [6.07, 6.45) is 2.96. The topological polar surface area (TPSA) is 197 Å². The van der Waals surface area contributed by atoms with Gasteiger partial charge in [0, 0.05) is 0 Å². The molecule has 0 saturated carbocycles. The minimum absolute atomic E-state index is 0.218. The molecule has 9 N–H and O–H groups in total. The highest BCUT2D eigenvalue weighted by Crippen LogP contribution is 2.11. The Morgan fingerprint density at radius 3 is 2.03 bits per heavy atom. The third-order valence-electron chi connectivity index (χ3n) is 5.39. The fourth-order valence-corrected chi connectivity index (χ4v) is 3.49. The molecule has 6 atom stereocenters. The summed E-state index contributed by atoms with van der Waals surface area (Å²) < 4.78 is 0. The molecule has 0 aliphatic rings. The lowest BCUT2D eigenvalue weighted by atomic mass is 9.97. The van der Waals surface area contributed by atoms with E-state index < -0.39 is 54.0 Å². The van der Waals surface area contributed by atoms with Gasteiger partial charge in [-0.05, 0) is 57.1 Å². The van der Waals surface area contributed by atoms with Gasteiger partial charge in [-0.25, -0.2) is 4.79 Å². The molecule has 6 unspecified atom stereocenters. The summed E-state index contributed by atoms with van der Waals surface area (Å²) in [6, 6.07) is -4.26. The average molecular weight is 492 g/mol. The highest BCUT2D eigenvalue weighted by atomic mass is 32.2. The lowest BCUT2D eigenvalue weighted by Gasteiger charge is -2.28. The number of aliphatic hydroxyl groups is 1. The van der Waals surface area contributed by atoms with Crippen LogP contribution in [-0.2, 0) is 19.2 Å². The second-order valence-electron chi connectivity index (χ2n) is 8.17. The van der Waals surface area contributed by atoms with Crippen molar-refractivity contribution >= 4 is 35.5 Å². The number of rotatable bonds is 17. The summed E-state index contributed by atoms with van der Waals surface area (Å²) in [4.78, 5) is 49.7. The third-order valence-corrected chi connectivity index (χ3v) is 6.03. The standard InChI is InChI=1S/C21H41N5O6S/c1-5-12(2)16(25-18(28)14(23)9-11-33-4)20(30)24-15(8-6-7-10-22)19(29)26-17(13(3)27)21(31)32/h12-17,27H,5-11,22-23H2,1-4H3,(H,24,30)(H,25,28)(H,26,29)(H,31,32). The van der Waals surface area contributed by atoms with Gasteiger partial charge >= 0.3 is 5.97 Å². The number of nitrogens with two attached hydrogens (primary N) is 2. The minimum atomic E-state index is -1.52. The first kappa shape index (κ1) is 31.1. The van der Waals surface area contributed by atoms with Gasteiger partial charge in [0.05, 0.1) is 12.1 Å². The molecule has 0 aromatic heterocycles. The maximum absolute atomic E-state index is 13.1. The van der Waals surface area contributed by atoms with Crippen molar-refractivity contribution in [3.63, 3.8) is 0 Å². The number of hydrogen-bond donors (Lipinski definition) is 7. The first-order valence-electron chi connectivity index (χ1n) is 11.3. The molecule has 0 aromatic carbocycles. The monoisotopic (exact) mass is 491 g/mol. The molecule has 0 aliphatic carbocycles. The molecule has 33 heavy (non-hydrogen) atoms. The molecule has 3 amide bonds. The molecular formula is C21H41N5O6S. The number of amides is 3. The van der Waals surface area contributed by atoms with Gasteiger partial charge in [0.1, 0.15) is 12.1 Å². The zero-order valence-electron chi connectivity index (χ0n) is 20.0. The average Bonchev–Trinajstić information content (AvgIpc) is 2.77. The van der Waals surface area contributed by atoms with Crippen molar-refractivity contribution in [2.75, 3.05) is 18.6 Å². The third kappa shape index (κ3) is 11.7. The highest BCUT2D eigenvalue weighted by Gasteiger charge is 2.33. The Morgan fingerprint density at radius 1 is 0.939 bits per heavy atom. The summed E-state index contributed by atoms with van der Waals surface area (Å²) >= 11 is 1.56. The second kappa shape index (κ2) is 16.7. The predicted octanol–water partition coefficient (Wildman–Crippen LogP) is -0.838. The van der Waals surface area contributed by atoms with E-state index in [2.05, 4.69) is 16.0 Å². The maximum atomic E-state index is 13.1. The zero-order valence-corrected chi connectivity index (χ0v) is 20.8. The summed E-state index contributed by atoms with van der Waals surface area (Å²) in [5.74, 6) is -2.68. The van der Waals surface area contributed by atoms with Gasteiger partial charge in [0.2, 0.25) is 17.7 Å². The molecule has 0 fully saturated rings. The van der Waals surface area contributed by atoms with Crippen LogP contribution in [-0.4, -0.2) is 82.7 Å². The van der Waals surface area contributed by atoms with Crippen LogP contribution < -0.4 is 27.4 Å². The fourth-order valence-electron chi connectivity index (χ4n) is 3.00. The molecule has 0 rings (SSSR count). The van der Waals surface area contributed by atoms with Crippen molar-refractivity contribution in [3.05, 3.63) is 0 Å². The quantitative estimate of drug-likeness (QED) is 0.127. The Labute approximate surface area is 200 Å². The van der Waals surface area contributed by atoms with Crippen LogP contribution >= 0.6 is 11.8 Å². The van der Waals surface area contributed by atoms with Crippen molar-refractivity contribution in [1.29, 1.82) is 0 Å². The number of unbranched alkanes of at least 4 members (excludes halogenated alkanes) is 1. The highest BCUT2D eigenvalue weighted by molar-refractivity contribution is 7.98. The van der Waals surface area contributed by atoms with E-state index in [-0.39, 0.29) is 12.3 Å². The summed E-state index contributed by atoms with van der Waals surface area (Å²) in [6.45, 7) is 5.31. The molecule has 0 saturated heterocycles. The molecule has 12 heteroatoms. The summed E-state index contributed by atoms with van der Waals surface area (Å²) in [5, 5.41) is 26.5. The maximum Gasteiger partial charge on any atom is 0.328 e. The van der Waals surface area contributed by atoms with Crippen LogP contribution in [0.25, 0.3) is 0 Å². The van der Waals surface area contributed by atoms with Crippen LogP contribution in [0.3, 0.4) is 0 Å². The van der Waals surface area contributed by atoms with Crippen molar-refractivity contribution in [3.8, 4) is 0 Å². The summed E-state index contributed by atoms with van der Waals surface area (Å²) in [5.41, 5.74) is 11.4. The van der Waals surface area contributed by atoms with Crippen LogP contribution in [0, 0.1) is 5.92 Å². The van der Waals surface area contributed by atoms with E-state index in [0.717, 1.165) is 0 Å². The van der Waals surface area contributed by atoms with E-state index in [0.29, 0.717) is 38.0 Å². The van der Waals surface area contributed by atoms with Crippen molar-refractivity contribution in [2.24, 2.45) is 17.4 Å². The number of carbonyl (C=O) groups is 4. The number of carboxylic acid groups (broad SMARTS) is 1. The largest absolute Gasteiger partial charge is 0.480 e. The van der Waals surface area contributed by atoms with Gasteiger partial charge in [-0.1, -0.05) is 20.3 Å². The van der Waals surface area contributed by atoms with Crippen LogP contribution in [0.2, 0.25) is 0 Å². The van der Waals surface area contributed by atoms with E-state index in [1.54, 1.807) is 18.7 Å². The second-order valence-corrected chi connectivity index (χ2v) is 9.16. The molecule has 0 radical (unpaired) electrons. The number of thioether (sulfide) groups is 1. The molecule has 192 valence electrons. The first-order chi connectivity index (χ1) is 15.5. The van der Waals surface area contributed by atoms with Gasteiger partial charge in [-0.2, -0.15) is 11.8 Å². The Kier molecular flexibility index (Phi) is 15.7. The van der Waals surface area contributed by atoms with E-state index >= 15 is 0 Å². The molecular weight excluding hydrogens is 450 g/mol. The van der Waals surface area contributed by atoms with Gasteiger partial charge in [0.15, 0.2) is 6.04 Å². The minimum Gasteiger partial charge on any atom is -0.480 e. The Bertz CT molecular complexity index is 636. The number of carboxylic acids is 1. The van der Waals surface area contributed by atoms with Gasteiger partial charge in [0.25, 0.3) is 0 Å². The Balaban J connectivity index is 5.50. The number of carbonyl (C=O) groups excluding carboxylic acids is 3. The van der Waals surface area contributed by atoms with Crippen molar-refractivity contribution in [2.45, 2.75) is 83.1 Å². The Morgan fingerprint density at radius 2 is 1.55 bits per heavy atom. The van der Waals surface area contributed by atoms with Gasteiger partial charge in [-0.15, -0.1) is 0 Å². The van der Waals surface area contributed by atoms with Crippen LogP contribution in [0.15, 0.2) is 0 Å². The van der Waals surface area contributed by atoms with Crippen molar-refractivity contribution < 1.29 is 29.4 Å². The molecule has 0 aliphatic heterocycles. The molecule has 11 nitrogen and oxygen atoms in total. The number of hydrogen-bond acceptors (Lipinski definition) is 8. The van der Waals surface area contributed by atoms with E-state index in [9.17, 15) is 29.4 Å².